The van der Waals surface area contributed by atoms with Gasteiger partial charge in [-0.2, -0.15) is 0 Å². The number of aliphatic hydroxyl groups is 7. The molecular weight excluding hydrogens is 504 g/mol. The summed E-state index contributed by atoms with van der Waals surface area (Å²) in [6.45, 7) is 1.71. The van der Waals surface area contributed by atoms with Gasteiger partial charge < -0.3 is 72.1 Å². The van der Waals surface area contributed by atoms with Gasteiger partial charge in [0.1, 0.15) is 18.3 Å². The summed E-state index contributed by atoms with van der Waals surface area (Å²) < 4.78 is 18.1. The van der Waals surface area contributed by atoms with Crippen molar-refractivity contribution in [2.24, 2.45) is 23.3 Å². The molecule has 13 atom stereocenters. The van der Waals surface area contributed by atoms with Gasteiger partial charge >= 0.3 is 0 Å². The van der Waals surface area contributed by atoms with Crippen molar-refractivity contribution in [2.75, 3.05) is 39.5 Å². The number of hydrogen-bond donors (Lipinski definition) is 11. The van der Waals surface area contributed by atoms with E-state index in [1.165, 1.54) is 0 Å². The van der Waals surface area contributed by atoms with Crippen LogP contribution >= 0.6 is 0 Å². The van der Waals surface area contributed by atoms with Crippen molar-refractivity contribution >= 4 is 0 Å². The van der Waals surface area contributed by atoms with Crippen LogP contribution in [0.15, 0.2) is 0 Å². The predicted molar refractivity (Wildman–Crippen MR) is 135 cm³/mol. The molecule has 0 aromatic carbocycles. The summed E-state index contributed by atoms with van der Waals surface area (Å²) in [5.74, 6) is -0.592. The van der Waals surface area contributed by atoms with E-state index < -0.39 is 79.6 Å². The van der Waals surface area contributed by atoms with Gasteiger partial charge in [-0.15, -0.1) is 0 Å². The minimum Gasteiger partial charge on any atom is -0.395 e. The summed E-state index contributed by atoms with van der Waals surface area (Å²) in [4.78, 5) is 0. The van der Waals surface area contributed by atoms with Crippen molar-refractivity contribution < 1.29 is 50.0 Å². The lowest BCUT2D eigenvalue weighted by molar-refractivity contribution is -0.302. The Labute approximate surface area is 223 Å². The molecule has 2 aliphatic heterocycles. The summed E-state index contributed by atoms with van der Waals surface area (Å²) in [5.41, 5.74) is 13.2. The van der Waals surface area contributed by atoms with Crippen molar-refractivity contribution in [3.05, 3.63) is 0 Å². The monoisotopic (exact) mass is 552 g/mol. The van der Waals surface area contributed by atoms with Crippen molar-refractivity contribution in [3.8, 4) is 0 Å². The van der Waals surface area contributed by atoms with Gasteiger partial charge in [0, 0.05) is 43.6 Å². The Morgan fingerprint density at radius 1 is 0.974 bits per heavy atom. The number of ether oxygens (including phenoxy) is 3. The molecule has 0 bridgehead atoms. The van der Waals surface area contributed by atoms with E-state index in [9.17, 15) is 30.6 Å². The second kappa shape index (κ2) is 14.9. The van der Waals surface area contributed by atoms with Crippen LogP contribution in [0.1, 0.15) is 26.2 Å². The second-order valence-electron chi connectivity index (χ2n) is 10.9. The quantitative estimate of drug-likeness (QED) is 0.101. The SMILES string of the molecule is CC1CC(CNCCO)OC(C2C(N)CC(NC(CO)CO)C(OC3OC(CO)C(O)CC3O)C2O)C1N. The molecule has 3 fully saturated rings. The number of hydrogen-bond acceptors (Lipinski definition) is 14. The molecule has 0 amide bonds. The van der Waals surface area contributed by atoms with Crippen molar-refractivity contribution in [1.82, 2.24) is 10.6 Å². The summed E-state index contributed by atoms with van der Waals surface area (Å²) in [7, 11) is 0. The van der Waals surface area contributed by atoms with E-state index in [1.54, 1.807) is 0 Å². The maximum Gasteiger partial charge on any atom is 0.184 e. The topological polar surface area (TPSA) is 245 Å². The molecule has 38 heavy (non-hydrogen) atoms. The van der Waals surface area contributed by atoms with E-state index in [0.717, 1.165) is 0 Å². The van der Waals surface area contributed by atoms with Crippen LogP contribution in [0.3, 0.4) is 0 Å². The lowest BCUT2D eigenvalue weighted by Gasteiger charge is -2.52. The normalized spacial score (nSPS) is 44.4. The van der Waals surface area contributed by atoms with E-state index in [1.807, 2.05) is 6.92 Å². The van der Waals surface area contributed by atoms with Crippen molar-refractivity contribution in [2.45, 2.75) is 99.4 Å². The molecule has 0 aromatic rings. The Morgan fingerprint density at radius 3 is 2.32 bits per heavy atom. The third kappa shape index (κ3) is 7.59. The van der Waals surface area contributed by atoms with Crippen LogP contribution < -0.4 is 22.1 Å². The zero-order valence-electron chi connectivity index (χ0n) is 22.0. The molecule has 0 aromatic heterocycles. The molecule has 1 saturated carbocycles. The highest BCUT2D eigenvalue weighted by Gasteiger charge is 2.52. The molecule has 224 valence electrons. The van der Waals surface area contributed by atoms with E-state index in [4.69, 9.17) is 30.8 Å². The van der Waals surface area contributed by atoms with Gasteiger partial charge in [0.15, 0.2) is 6.29 Å². The average molecular weight is 553 g/mol. The molecule has 13 N–H and O–H groups in total. The Balaban J connectivity index is 1.84. The molecule has 3 aliphatic rings. The average Bonchev–Trinajstić information content (AvgIpc) is 2.88. The molecule has 3 rings (SSSR count). The lowest BCUT2D eigenvalue weighted by Crippen LogP contribution is -2.69. The van der Waals surface area contributed by atoms with Gasteiger partial charge in [-0.25, -0.2) is 0 Å². The van der Waals surface area contributed by atoms with Gasteiger partial charge in [-0.05, 0) is 18.8 Å². The summed E-state index contributed by atoms with van der Waals surface area (Å²) in [6, 6.07) is -2.36. The second-order valence-corrected chi connectivity index (χ2v) is 10.9. The molecule has 2 saturated heterocycles. The minimum absolute atomic E-state index is 0.00321. The van der Waals surface area contributed by atoms with Gasteiger partial charge in [0.2, 0.25) is 0 Å². The van der Waals surface area contributed by atoms with E-state index in [2.05, 4.69) is 10.6 Å². The van der Waals surface area contributed by atoms with Crippen LogP contribution in [0.4, 0.5) is 0 Å². The Morgan fingerprint density at radius 2 is 1.68 bits per heavy atom. The molecule has 1 aliphatic carbocycles. The largest absolute Gasteiger partial charge is 0.395 e. The first-order chi connectivity index (χ1) is 18.1. The third-order valence-corrected chi connectivity index (χ3v) is 8.11. The van der Waals surface area contributed by atoms with E-state index >= 15 is 0 Å². The first kappa shape index (κ1) is 32.0. The van der Waals surface area contributed by atoms with Gasteiger partial charge in [0.25, 0.3) is 0 Å². The zero-order valence-corrected chi connectivity index (χ0v) is 22.0. The summed E-state index contributed by atoms with van der Waals surface area (Å²) in [5, 5.41) is 76.4. The summed E-state index contributed by atoms with van der Waals surface area (Å²) >= 11 is 0. The van der Waals surface area contributed by atoms with Gasteiger partial charge in [-0.1, -0.05) is 6.92 Å². The van der Waals surface area contributed by atoms with Crippen LogP contribution in [-0.2, 0) is 14.2 Å². The Hall–Kier alpha value is -0.560. The number of rotatable bonds is 12. The molecule has 14 heteroatoms. The fraction of sp³-hybridized carbons (Fsp3) is 1.00. The fourth-order valence-electron chi connectivity index (χ4n) is 5.93. The fourth-order valence-corrected chi connectivity index (χ4v) is 5.93. The highest BCUT2D eigenvalue weighted by molar-refractivity contribution is 5.06. The zero-order chi connectivity index (χ0) is 28.0. The first-order valence-corrected chi connectivity index (χ1v) is 13.6. The molecular formula is C24H48N4O10. The summed E-state index contributed by atoms with van der Waals surface area (Å²) in [6.07, 6.45) is -6.75. The number of aliphatic hydroxyl groups excluding tert-OH is 7. The Bertz CT molecular complexity index is 695. The highest BCUT2D eigenvalue weighted by atomic mass is 16.7. The standard InChI is InChI=1S/C24H48N4O10/c1-11-4-13(7-27-2-3-29)36-23(20(11)26)19-14(25)5-15(28-12(8-30)9-31)22(21(19)35)38-24-17(34)6-16(33)18(10-32)37-24/h11-24,27-35H,2-10,25-26H2,1H3. The molecule has 2 heterocycles. The molecule has 13 unspecified atom stereocenters. The van der Waals surface area contributed by atoms with Crippen LogP contribution in [0.25, 0.3) is 0 Å². The predicted octanol–water partition coefficient (Wildman–Crippen LogP) is -5.08. The number of nitrogens with one attached hydrogen (secondary N) is 2. The first-order valence-electron chi connectivity index (χ1n) is 13.6. The molecule has 0 radical (unpaired) electrons. The van der Waals surface area contributed by atoms with Crippen LogP contribution in [0.5, 0.6) is 0 Å². The maximum atomic E-state index is 11.7. The van der Waals surface area contributed by atoms with Crippen LogP contribution in [-0.4, -0.2) is 148 Å². The lowest BCUT2D eigenvalue weighted by atomic mass is 9.70. The highest BCUT2D eigenvalue weighted by Crippen LogP contribution is 2.38. The van der Waals surface area contributed by atoms with Crippen LogP contribution in [0.2, 0.25) is 0 Å². The maximum absolute atomic E-state index is 11.7. The Kier molecular flexibility index (Phi) is 12.5. The minimum atomic E-state index is -1.26. The van der Waals surface area contributed by atoms with Crippen LogP contribution in [0, 0.1) is 11.8 Å². The van der Waals surface area contributed by atoms with Gasteiger partial charge in [0.05, 0.1) is 56.9 Å². The third-order valence-electron chi connectivity index (χ3n) is 8.11. The number of nitrogens with two attached hydrogens (primary N) is 2. The van der Waals surface area contributed by atoms with Crippen molar-refractivity contribution in [3.63, 3.8) is 0 Å². The van der Waals surface area contributed by atoms with E-state index in [0.29, 0.717) is 19.5 Å². The van der Waals surface area contributed by atoms with Crippen molar-refractivity contribution in [1.29, 1.82) is 0 Å². The van der Waals surface area contributed by atoms with Gasteiger partial charge in [-0.3, -0.25) is 0 Å². The molecule has 14 nitrogen and oxygen atoms in total. The van der Waals surface area contributed by atoms with E-state index in [-0.39, 0.29) is 44.7 Å². The smallest absolute Gasteiger partial charge is 0.184 e. The molecule has 0 spiro atoms.